The molecular formula is C14H21NO4S. The molecule has 0 aliphatic heterocycles. The highest BCUT2D eigenvalue weighted by atomic mass is 32.1. The molecule has 1 aromatic heterocycles. The number of hydrogen-bond acceptors (Lipinski definition) is 6. The van der Waals surface area contributed by atoms with Crippen molar-refractivity contribution in [2.75, 3.05) is 33.9 Å². The molecule has 1 rings (SSSR count). The summed E-state index contributed by atoms with van der Waals surface area (Å²) in [6.45, 7) is 1.99. The van der Waals surface area contributed by atoms with Crippen molar-refractivity contribution in [2.24, 2.45) is 0 Å². The van der Waals surface area contributed by atoms with Crippen LogP contribution in [0.2, 0.25) is 0 Å². The van der Waals surface area contributed by atoms with E-state index in [1.54, 1.807) is 11.3 Å². The van der Waals surface area contributed by atoms with Gasteiger partial charge in [0.25, 0.3) is 0 Å². The zero-order chi connectivity index (χ0) is 14.8. The second-order valence-electron chi connectivity index (χ2n) is 4.38. The Labute approximate surface area is 123 Å². The van der Waals surface area contributed by atoms with Gasteiger partial charge >= 0.3 is 11.9 Å². The van der Waals surface area contributed by atoms with E-state index in [9.17, 15) is 9.59 Å². The van der Waals surface area contributed by atoms with Gasteiger partial charge in [-0.25, -0.2) is 0 Å². The lowest BCUT2D eigenvalue weighted by Crippen LogP contribution is -2.31. The smallest absolute Gasteiger partial charge is 0.306 e. The first kappa shape index (κ1) is 16.7. The standard InChI is InChI=1S/C14H21NO4S/c1-18-13(16)4-8-15(9-5-14(17)19-2)7-3-12-6-10-20-11-12/h6,10-11H,3-5,7-9H2,1-2H3. The summed E-state index contributed by atoms with van der Waals surface area (Å²) >= 11 is 1.67. The molecule has 0 amide bonds. The highest BCUT2D eigenvalue weighted by molar-refractivity contribution is 7.07. The Balaban J connectivity index is 2.40. The monoisotopic (exact) mass is 299 g/mol. The second kappa shape index (κ2) is 9.50. The highest BCUT2D eigenvalue weighted by Gasteiger charge is 2.11. The van der Waals surface area contributed by atoms with Crippen LogP contribution in [-0.4, -0.2) is 50.7 Å². The maximum absolute atomic E-state index is 11.2. The van der Waals surface area contributed by atoms with E-state index < -0.39 is 0 Å². The number of carbonyl (C=O) groups is 2. The van der Waals surface area contributed by atoms with Gasteiger partial charge in [0, 0.05) is 19.6 Å². The van der Waals surface area contributed by atoms with Gasteiger partial charge in [0.2, 0.25) is 0 Å². The molecule has 0 aliphatic carbocycles. The predicted octanol–water partition coefficient (Wildman–Crippen LogP) is 1.72. The third-order valence-corrected chi connectivity index (χ3v) is 3.75. The van der Waals surface area contributed by atoms with Gasteiger partial charge in [-0.05, 0) is 28.8 Å². The van der Waals surface area contributed by atoms with Crippen molar-refractivity contribution in [1.29, 1.82) is 0 Å². The SMILES string of the molecule is COC(=O)CCN(CCC(=O)OC)CCc1ccsc1. The molecule has 6 heteroatoms. The van der Waals surface area contributed by atoms with Crippen LogP contribution >= 0.6 is 11.3 Å². The minimum absolute atomic E-state index is 0.233. The molecule has 0 N–H and O–H groups in total. The van der Waals surface area contributed by atoms with Gasteiger partial charge in [0.15, 0.2) is 0 Å². The number of methoxy groups -OCH3 is 2. The molecule has 0 aromatic carbocycles. The van der Waals surface area contributed by atoms with E-state index in [2.05, 4.69) is 25.8 Å². The van der Waals surface area contributed by atoms with E-state index in [1.807, 2.05) is 5.38 Å². The molecule has 0 spiro atoms. The molecule has 5 nitrogen and oxygen atoms in total. The second-order valence-corrected chi connectivity index (χ2v) is 5.16. The van der Waals surface area contributed by atoms with Crippen LogP contribution in [0.25, 0.3) is 0 Å². The van der Waals surface area contributed by atoms with E-state index >= 15 is 0 Å². The Morgan fingerprint density at radius 1 is 1.10 bits per heavy atom. The van der Waals surface area contributed by atoms with Crippen LogP contribution in [0.3, 0.4) is 0 Å². The van der Waals surface area contributed by atoms with Crippen LogP contribution in [0.4, 0.5) is 0 Å². The molecule has 0 radical (unpaired) electrons. The van der Waals surface area contributed by atoms with Crippen molar-refractivity contribution in [3.05, 3.63) is 22.4 Å². The van der Waals surface area contributed by atoms with Gasteiger partial charge < -0.3 is 14.4 Å². The summed E-state index contributed by atoms with van der Waals surface area (Å²) in [5.41, 5.74) is 1.27. The molecule has 1 aromatic rings. The third kappa shape index (κ3) is 6.68. The first-order valence-corrected chi connectivity index (χ1v) is 7.47. The quantitative estimate of drug-likeness (QED) is 0.650. The number of esters is 2. The van der Waals surface area contributed by atoms with Gasteiger partial charge in [-0.2, -0.15) is 11.3 Å². The van der Waals surface area contributed by atoms with Crippen molar-refractivity contribution in [1.82, 2.24) is 4.90 Å². The van der Waals surface area contributed by atoms with E-state index in [1.165, 1.54) is 19.8 Å². The Bertz CT molecular complexity index is 385. The molecule has 0 saturated heterocycles. The number of carbonyl (C=O) groups excluding carboxylic acids is 2. The largest absolute Gasteiger partial charge is 0.469 e. The maximum atomic E-state index is 11.2. The number of hydrogen-bond donors (Lipinski definition) is 0. The molecule has 0 aliphatic rings. The van der Waals surface area contributed by atoms with E-state index in [-0.39, 0.29) is 11.9 Å². The van der Waals surface area contributed by atoms with Crippen molar-refractivity contribution >= 4 is 23.3 Å². The minimum atomic E-state index is -0.233. The predicted molar refractivity (Wildman–Crippen MR) is 77.7 cm³/mol. The van der Waals surface area contributed by atoms with Gasteiger partial charge in [-0.3, -0.25) is 9.59 Å². The van der Waals surface area contributed by atoms with Crippen LogP contribution in [0.5, 0.6) is 0 Å². The van der Waals surface area contributed by atoms with Crippen LogP contribution in [0.1, 0.15) is 18.4 Å². The highest BCUT2D eigenvalue weighted by Crippen LogP contribution is 2.08. The van der Waals surface area contributed by atoms with Crippen LogP contribution < -0.4 is 0 Å². The molecule has 0 fully saturated rings. The molecule has 0 unspecified atom stereocenters. The van der Waals surface area contributed by atoms with Crippen molar-refractivity contribution in [3.63, 3.8) is 0 Å². The molecule has 112 valence electrons. The fourth-order valence-corrected chi connectivity index (χ4v) is 2.46. The van der Waals surface area contributed by atoms with Crippen molar-refractivity contribution in [2.45, 2.75) is 19.3 Å². The zero-order valence-electron chi connectivity index (χ0n) is 12.0. The lowest BCUT2D eigenvalue weighted by atomic mass is 10.2. The molecular weight excluding hydrogens is 278 g/mol. The average Bonchev–Trinajstić information content (AvgIpc) is 2.98. The van der Waals surface area contributed by atoms with Crippen LogP contribution in [-0.2, 0) is 25.5 Å². The van der Waals surface area contributed by atoms with Gasteiger partial charge in [-0.1, -0.05) is 0 Å². The lowest BCUT2D eigenvalue weighted by Gasteiger charge is -2.21. The number of ether oxygens (including phenoxy) is 2. The van der Waals surface area contributed by atoms with E-state index in [0.29, 0.717) is 25.9 Å². The maximum Gasteiger partial charge on any atom is 0.306 e. The van der Waals surface area contributed by atoms with Gasteiger partial charge in [0.1, 0.15) is 0 Å². The molecule has 1 heterocycles. The zero-order valence-corrected chi connectivity index (χ0v) is 12.8. The Hall–Kier alpha value is -1.40. The summed E-state index contributed by atoms with van der Waals surface area (Å²) < 4.78 is 9.28. The van der Waals surface area contributed by atoms with E-state index in [0.717, 1.165) is 13.0 Å². The molecule has 0 atom stereocenters. The van der Waals surface area contributed by atoms with Crippen LogP contribution in [0.15, 0.2) is 16.8 Å². The fraction of sp³-hybridized carbons (Fsp3) is 0.571. The number of nitrogens with zero attached hydrogens (tertiary/aromatic N) is 1. The normalized spacial score (nSPS) is 10.6. The molecule has 0 saturated carbocycles. The lowest BCUT2D eigenvalue weighted by molar-refractivity contribution is -0.141. The number of rotatable bonds is 9. The average molecular weight is 299 g/mol. The minimum Gasteiger partial charge on any atom is -0.469 e. The first-order valence-electron chi connectivity index (χ1n) is 6.52. The van der Waals surface area contributed by atoms with Crippen LogP contribution in [0, 0.1) is 0 Å². The third-order valence-electron chi connectivity index (χ3n) is 3.02. The van der Waals surface area contributed by atoms with Crippen molar-refractivity contribution < 1.29 is 19.1 Å². The molecule has 20 heavy (non-hydrogen) atoms. The Morgan fingerprint density at radius 3 is 2.15 bits per heavy atom. The van der Waals surface area contributed by atoms with Gasteiger partial charge in [0.05, 0.1) is 27.1 Å². The molecule has 0 bridgehead atoms. The van der Waals surface area contributed by atoms with Crippen molar-refractivity contribution in [3.8, 4) is 0 Å². The summed E-state index contributed by atoms with van der Waals surface area (Å²) in [4.78, 5) is 24.5. The Morgan fingerprint density at radius 2 is 1.70 bits per heavy atom. The Kier molecular flexibility index (Phi) is 7.91. The number of thiophene rings is 1. The fourth-order valence-electron chi connectivity index (χ4n) is 1.76. The topological polar surface area (TPSA) is 55.8 Å². The summed E-state index contributed by atoms with van der Waals surface area (Å²) in [5, 5.41) is 4.15. The van der Waals surface area contributed by atoms with Gasteiger partial charge in [-0.15, -0.1) is 0 Å². The summed E-state index contributed by atoms with van der Waals surface area (Å²) in [6.07, 6.45) is 1.58. The van der Waals surface area contributed by atoms with E-state index in [4.69, 9.17) is 0 Å². The summed E-state index contributed by atoms with van der Waals surface area (Å²) in [6, 6.07) is 2.09. The summed E-state index contributed by atoms with van der Waals surface area (Å²) in [7, 11) is 2.76. The first-order chi connectivity index (χ1) is 9.65. The summed E-state index contributed by atoms with van der Waals surface area (Å²) in [5.74, 6) is -0.466.